The van der Waals surface area contributed by atoms with Gasteiger partial charge in [-0.1, -0.05) is 68.3 Å². The maximum atomic E-state index is 12.6. The van der Waals surface area contributed by atoms with Crippen molar-refractivity contribution in [1.29, 1.82) is 0 Å². The van der Waals surface area contributed by atoms with Crippen LogP contribution in [-0.4, -0.2) is 24.4 Å². The van der Waals surface area contributed by atoms with E-state index < -0.39 is 6.04 Å². The van der Waals surface area contributed by atoms with E-state index in [1.54, 1.807) is 12.1 Å². The molecule has 2 aromatic carbocycles. The quantitative estimate of drug-likeness (QED) is 0.603. The summed E-state index contributed by atoms with van der Waals surface area (Å²) in [6.07, 6.45) is 3.12. The highest BCUT2D eigenvalue weighted by Crippen LogP contribution is 2.18. The zero-order valence-electron chi connectivity index (χ0n) is 15.9. The van der Waals surface area contributed by atoms with Crippen molar-refractivity contribution in [3.8, 4) is 0 Å². The van der Waals surface area contributed by atoms with Crippen LogP contribution in [0.25, 0.3) is 0 Å². The first-order valence-corrected chi connectivity index (χ1v) is 9.54. The van der Waals surface area contributed by atoms with E-state index in [0.29, 0.717) is 12.1 Å². The van der Waals surface area contributed by atoms with Crippen LogP contribution < -0.4 is 16.4 Å². The fourth-order valence-corrected chi connectivity index (χ4v) is 2.94. The molecule has 0 radical (unpaired) electrons. The Bertz CT molecular complexity index is 704. The molecule has 5 nitrogen and oxygen atoms in total. The van der Waals surface area contributed by atoms with Crippen LogP contribution in [0, 0.1) is 0 Å². The number of carbonyl (C=O) groups is 2. The van der Waals surface area contributed by atoms with E-state index in [0.717, 1.165) is 24.8 Å². The Balaban J connectivity index is 2.06. The Morgan fingerprint density at radius 2 is 1.59 bits per heavy atom. The fraction of sp³-hybridized carbons (Fsp3) is 0.364. The number of nitrogens with one attached hydrogen (secondary N) is 2. The maximum absolute atomic E-state index is 12.6. The predicted octanol–water partition coefficient (Wildman–Crippen LogP) is 3.18. The van der Waals surface area contributed by atoms with Gasteiger partial charge in [-0.3, -0.25) is 9.59 Å². The first kappa shape index (κ1) is 20.6. The van der Waals surface area contributed by atoms with E-state index in [9.17, 15) is 9.59 Å². The lowest BCUT2D eigenvalue weighted by molar-refractivity contribution is -0.122. The summed E-state index contributed by atoms with van der Waals surface area (Å²) in [7, 11) is 0. The summed E-state index contributed by atoms with van der Waals surface area (Å²) in [6.45, 7) is 2.53. The number of hydrogen-bond donors (Lipinski definition) is 3. The van der Waals surface area contributed by atoms with E-state index in [4.69, 9.17) is 5.73 Å². The summed E-state index contributed by atoms with van der Waals surface area (Å²) in [6, 6.07) is 18.1. The normalized spacial score (nSPS) is 12.8. The highest BCUT2D eigenvalue weighted by atomic mass is 16.2. The Kier molecular flexibility index (Phi) is 8.52. The number of amides is 2. The Morgan fingerprint density at radius 3 is 2.19 bits per heavy atom. The van der Waals surface area contributed by atoms with Crippen molar-refractivity contribution in [2.24, 2.45) is 5.73 Å². The van der Waals surface area contributed by atoms with Gasteiger partial charge in [0.25, 0.3) is 5.91 Å². The van der Waals surface area contributed by atoms with Crippen molar-refractivity contribution in [3.63, 3.8) is 0 Å². The van der Waals surface area contributed by atoms with Gasteiger partial charge in [0.05, 0.1) is 12.5 Å². The largest absolute Gasteiger partial charge is 0.352 e. The molecule has 0 bridgehead atoms. The van der Waals surface area contributed by atoms with E-state index in [-0.39, 0.29) is 24.3 Å². The molecule has 0 aliphatic carbocycles. The van der Waals surface area contributed by atoms with Gasteiger partial charge in [-0.2, -0.15) is 0 Å². The number of benzene rings is 2. The first-order valence-electron chi connectivity index (χ1n) is 9.54. The summed E-state index contributed by atoms with van der Waals surface area (Å²) < 4.78 is 0. The lowest BCUT2D eigenvalue weighted by Crippen LogP contribution is -2.42. The smallest absolute Gasteiger partial charge is 0.251 e. The Labute approximate surface area is 161 Å². The second-order valence-electron chi connectivity index (χ2n) is 6.65. The van der Waals surface area contributed by atoms with Crippen LogP contribution in [0.2, 0.25) is 0 Å². The minimum Gasteiger partial charge on any atom is -0.352 e. The monoisotopic (exact) mass is 367 g/mol. The molecule has 27 heavy (non-hydrogen) atoms. The molecule has 2 atom stereocenters. The minimum absolute atomic E-state index is 0.0290. The molecule has 2 aromatic rings. The molecule has 0 aromatic heterocycles. The summed E-state index contributed by atoms with van der Waals surface area (Å²) in [5, 5.41) is 5.98. The van der Waals surface area contributed by atoms with Gasteiger partial charge in [-0.25, -0.2) is 0 Å². The van der Waals surface area contributed by atoms with Crippen molar-refractivity contribution in [3.05, 3.63) is 71.8 Å². The molecule has 2 unspecified atom stereocenters. The van der Waals surface area contributed by atoms with Crippen LogP contribution in [0.3, 0.4) is 0 Å². The fourth-order valence-electron chi connectivity index (χ4n) is 2.94. The van der Waals surface area contributed by atoms with Crippen LogP contribution in [-0.2, 0) is 4.79 Å². The van der Waals surface area contributed by atoms with Crippen LogP contribution in [0.4, 0.5) is 0 Å². The number of rotatable bonds is 10. The second-order valence-corrected chi connectivity index (χ2v) is 6.65. The lowest BCUT2D eigenvalue weighted by Gasteiger charge is -2.22. The van der Waals surface area contributed by atoms with E-state index >= 15 is 0 Å². The van der Waals surface area contributed by atoms with Crippen LogP contribution >= 0.6 is 0 Å². The standard InChI is InChI=1S/C22H29N3O2/c1-2-3-14-19(16-23)24-21(26)15-20(17-10-6-4-7-11-17)25-22(27)18-12-8-5-9-13-18/h4-13,19-20H,2-3,14-16,23H2,1H3,(H,24,26)(H,25,27). The summed E-state index contributed by atoms with van der Waals surface area (Å²) in [5.41, 5.74) is 7.24. The van der Waals surface area contributed by atoms with Crippen molar-refractivity contribution in [2.75, 3.05) is 6.54 Å². The summed E-state index contributed by atoms with van der Waals surface area (Å²) in [5.74, 6) is -0.303. The van der Waals surface area contributed by atoms with Gasteiger partial charge in [0.1, 0.15) is 0 Å². The third-order valence-corrected chi connectivity index (χ3v) is 4.49. The Hall–Kier alpha value is -2.66. The van der Waals surface area contributed by atoms with Gasteiger partial charge in [-0.05, 0) is 24.1 Å². The average Bonchev–Trinajstić information content (AvgIpc) is 2.71. The molecular formula is C22H29N3O2. The van der Waals surface area contributed by atoms with Crippen molar-refractivity contribution < 1.29 is 9.59 Å². The number of hydrogen-bond acceptors (Lipinski definition) is 3. The molecule has 2 amide bonds. The van der Waals surface area contributed by atoms with E-state index in [2.05, 4.69) is 17.6 Å². The summed E-state index contributed by atoms with van der Waals surface area (Å²) in [4.78, 5) is 25.1. The molecule has 0 aliphatic rings. The van der Waals surface area contributed by atoms with Gasteiger partial charge in [0.2, 0.25) is 5.91 Å². The molecule has 144 valence electrons. The van der Waals surface area contributed by atoms with Gasteiger partial charge in [0.15, 0.2) is 0 Å². The topological polar surface area (TPSA) is 84.2 Å². The Morgan fingerprint density at radius 1 is 0.963 bits per heavy atom. The molecule has 4 N–H and O–H groups in total. The minimum atomic E-state index is -0.400. The van der Waals surface area contributed by atoms with Gasteiger partial charge in [0, 0.05) is 18.2 Å². The second kappa shape index (κ2) is 11.1. The zero-order chi connectivity index (χ0) is 19.5. The average molecular weight is 367 g/mol. The van der Waals surface area contributed by atoms with Gasteiger partial charge >= 0.3 is 0 Å². The number of unbranched alkanes of at least 4 members (excludes halogenated alkanes) is 1. The van der Waals surface area contributed by atoms with E-state index in [1.807, 2.05) is 48.5 Å². The molecule has 0 spiro atoms. The third kappa shape index (κ3) is 6.87. The lowest BCUT2D eigenvalue weighted by atomic mass is 10.0. The molecule has 2 rings (SSSR count). The molecule has 0 aliphatic heterocycles. The third-order valence-electron chi connectivity index (χ3n) is 4.49. The first-order chi connectivity index (χ1) is 13.1. The van der Waals surface area contributed by atoms with E-state index in [1.165, 1.54) is 0 Å². The van der Waals surface area contributed by atoms with Gasteiger partial charge in [-0.15, -0.1) is 0 Å². The summed E-state index contributed by atoms with van der Waals surface area (Å²) >= 11 is 0. The number of carbonyl (C=O) groups excluding carboxylic acids is 2. The predicted molar refractivity (Wildman–Crippen MR) is 108 cm³/mol. The zero-order valence-corrected chi connectivity index (χ0v) is 15.9. The van der Waals surface area contributed by atoms with Crippen LogP contribution in [0.1, 0.15) is 54.6 Å². The van der Waals surface area contributed by atoms with Crippen LogP contribution in [0.15, 0.2) is 60.7 Å². The van der Waals surface area contributed by atoms with Crippen molar-refractivity contribution in [2.45, 2.75) is 44.7 Å². The number of nitrogens with two attached hydrogens (primary N) is 1. The molecular weight excluding hydrogens is 338 g/mol. The highest BCUT2D eigenvalue weighted by Gasteiger charge is 2.20. The highest BCUT2D eigenvalue weighted by molar-refractivity contribution is 5.94. The molecule has 0 heterocycles. The molecule has 0 fully saturated rings. The SMILES string of the molecule is CCCCC(CN)NC(=O)CC(NC(=O)c1ccccc1)c1ccccc1. The van der Waals surface area contributed by atoms with Gasteiger partial charge < -0.3 is 16.4 Å². The molecule has 0 saturated carbocycles. The van der Waals surface area contributed by atoms with Crippen LogP contribution in [0.5, 0.6) is 0 Å². The molecule has 5 heteroatoms. The maximum Gasteiger partial charge on any atom is 0.251 e. The molecule has 0 saturated heterocycles. The van der Waals surface area contributed by atoms with Crippen molar-refractivity contribution in [1.82, 2.24) is 10.6 Å². The van der Waals surface area contributed by atoms with Crippen molar-refractivity contribution >= 4 is 11.8 Å².